The summed E-state index contributed by atoms with van der Waals surface area (Å²) in [7, 11) is 0. The van der Waals surface area contributed by atoms with Crippen molar-refractivity contribution in [1.82, 2.24) is 4.98 Å². The molecular weight excluding hydrogens is 218 g/mol. The van der Waals surface area contributed by atoms with Crippen LogP contribution >= 0.6 is 0 Å². The highest BCUT2D eigenvalue weighted by atomic mass is 32.1. The van der Waals surface area contributed by atoms with Crippen LogP contribution in [0.5, 0.6) is 0 Å². The van der Waals surface area contributed by atoms with E-state index in [0.717, 1.165) is 5.69 Å². The van der Waals surface area contributed by atoms with Crippen molar-refractivity contribution in [3.63, 3.8) is 0 Å². The number of benzene rings is 1. The van der Waals surface area contributed by atoms with Crippen molar-refractivity contribution in [2.75, 3.05) is 0 Å². The Balaban J connectivity index is 0.000000165. The maximum absolute atomic E-state index is 9.92. The first-order chi connectivity index (χ1) is 7.83. The highest BCUT2D eigenvalue weighted by molar-refractivity contribution is 7.65. The minimum Gasteiger partial charge on any atom is -0.256 e. The molecule has 0 N–H and O–H groups in total. The molecule has 0 unspecified atom stereocenters. The molecule has 1 aromatic heterocycles. The van der Waals surface area contributed by atoms with Crippen molar-refractivity contribution in [3.05, 3.63) is 66.0 Å². The molecule has 82 valence electrons. The molecule has 0 fully saturated rings. The molecular formula is C13H13NOS. The van der Waals surface area contributed by atoms with Crippen LogP contribution in [0.15, 0.2) is 54.7 Å². The topological polar surface area (TPSA) is 30.0 Å². The van der Waals surface area contributed by atoms with E-state index in [1.165, 1.54) is 10.9 Å². The Hall–Kier alpha value is -1.74. The van der Waals surface area contributed by atoms with Crippen LogP contribution in [0.25, 0.3) is 0 Å². The molecule has 3 heteroatoms. The van der Waals surface area contributed by atoms with Gasteiger partial charge in [0.05, 0.1) is 22.3 Å². The van der Waals surface area contributed by atoms with E-state index in [9.17, 15) is 4.21 Å². The molecule has 0 aliphatic carbocycles. The second-order valence-electron chi connectivity index (χ2n) is 3.12. The van der Waals surface area contributed by atoms with Crippen molar-refractivity contribution in [2.45, 2.75) is 6.92 Å². The third kappa shape index (κ3) is 5.22. The largest absolute Gasteiger partial charge is 0.256 e. The SMILES string of the molecule is Cc1ccccc1.O=S=Cc1ccccn1. The summed E-state index contributed by atoms with van der Waals surface area (Å²) < 4.78 is 9.92. The predicted molar refractivity (Wildman–Crippen MR) is 68.7 cm³/mol. The summed E-state index contributed by atoms with van der Waals surface area (Å²) in [6.45, 7) is 2.08. The summed E-state index contributed by atoms with van der Waals surface area (Å²) in [5, 5.41) is 1.46. The molecule has 0 aliphatic heterocycles. The highest BCUT2D eigenvalue weighted by Gasteiger charge is 1.80. The molecule has 0 radical (unpaired) electrons. The normalized spacial score (nSPS) is 8.56. The Morgan fingerprint density at radius 2 is 1.75 bits per heavy atom. The van der Waals surface area contributed by atoms with E-state index in [1.54, 1.807) is 12.3 Å². The van der Waals surface area contributed by atoms with E-state index in [4.69, 9.17) is 0 Å². The zero-order valence-corrected chi connectivity index (χ0v) is 9.85. The lowest BCUT2D eigenvalue weighted by Crippen LogP contribution is -1.82. The monoisotopic (exact) mass is 231 g/mol. The lowest BCUT2D eigenvalue weighted by Gasteiger charge is -1.83. The van der Waals surface area contributed by atoms with E-state index < -0.39 is 0 Å². The maximum atomic E-state index is 9.92. The van der Waals surface area contributed by atoms with Gasteiger partial charge in [0.25, 0.3) is 0 Å². The minimum absolute atomic E-state index is 0.417. The average molecular weight is 231 g/mol. The highest BCUT2D eigenvalue weighted by Crippen LogP contribution is 1.92. The second kappa shape index (κ2) is 7.54. The summed E-state index contributed by atoms with van der Waals surface area (Å²) in [5.74, 6) is 0. The second-order valence-corrected chi connectivity index (χ2v) is 3.55. The molecule has 2 nitrogen and oxygen atoms in total. The Kier molecular flexibility index (Phi) is 5.81. The summed E-state index contributed by atoms with van der Waals surface area (Å²) in [5.41, 5.74) is 2.04. The first kappa shape index (κ1) is 12.3. The minimum atomic E-state index is 0.417. The Bertz CT molecular complexity index is 450. The standard InChI is InChI=1S/C7H8.C6H5NOS/c1-7-5-3-2-4-6-7;8-9-5-6-3-1-2-4-7-6/h2-6H,1H3;1-5H. The van der Waals surface area contributed by atoms with Crippen LogP contribution in [0.1, 0.15) is 11.3 Å². The van der Waals surface area contributed by atoms with Crippen molar-refractivity contribution >= 4 is 16.6 Å². The fraction of sp³-hybridized carbons (Fsp3) is 0.0769. The van der Waals surface area contributed by atoms with E-state index in [2.05, 4.69) is 24.0 Å². The van der Waals surface area contributed by atoms with E-state index in [1.807, 2.05) is 30.3 Å². The molecule has 0 spiro atoms. The summed E-state index contributed by atoms with van der Waals surface area (Å²) in [6.07, 6.45) is 1.65. The van der Waals surface area contributed by atoms with Crippen LogP contribution in [-0.2, 0) is 11.3 Å². The molecule has 0 aliphatic rings. The van der Waals surface area contributed by atoms with Gasteiger partial charge in [0.2, 0.25) is 0 Å². The van der Waals surface area contributed by atoms with Crippen molar-refractivity contribution in [1.29, 1.82) is 0 Å². The first-order valence-electron chi connectivity index (χ1n) is 4.87. The fourth-order valence-corrected chi connectivity index (χ4v) is 1.27. The van der Waals surface area contributed by atoms with Gasteiger partial charge < -0.3 is 0 Å². The molecule has 1 heterocycles. The van der Waals surface area contributed by atoms with Gasteiger partial charge in [0.1, 0.15) is 0 Å². The van der Waals surface area contributed by atoms with E-state index >= 15 is 0 Å². The Morgan fingerprint density at radius 3 is 2.19 bits per heavy atom. The summed E-state index contributed by atoms with van der Waals surface area (Å²) in [6, 6.07) is 15.7. The smallest absolute Gasteiger partial charge is 0.0908 e. The van der Waals surface area contributed by atoms with Gasteiger partial charge in [-0.15, -0.1) is 0 Å². The van der Waals surface area contributed by atoms with Crippen molar-refractivity contribution in [2.24, 2.45) is 0 Å². The quantitative estimate of drug-likeness (QED) is 0.706. The Morgan fingerprint density at radius 1 is 1.06 bits per heavy atom. The van der Waals surface area contributed by atoms with Gasteiger partial charge >= 0.3 is 0 Å². The van der Waals surface area contributed by atoms with Gasteiger partial charge in [-0.25, -0.2) is 4.21 Å². The predicted octanol–water partition coefficient (Wildman–Crippen LogP) is 2.44. The molecule has 0 saturated heterocycles. The van der Waals surface area contributed by atoms with Gasteiger partial charge in [-0.1, -0.05) is 42.0 Å². The van der Waals surface area contributed by atoms with Crippen LogP contribution in [0.4, 0.5) is 0 Å². The van der Waals surface area contributed by atoms with Gasteiger partial charge in [-0.05, 0) is 19.1 Å². The first-order valence-corrected chi connectivity index (χ1v) is 5.68. The summed E-state index contributed by atoms with van der Waals surface area (Å²) >= 11 is 0.417. The molecule has 2 aromatic rings. The number of aryl methyl sites for hydroxylation is 1. The summed E-state index contributed by atoms with van der Waals surface area (Å²) in [4.78, 5) is 3.89. The average Bonchev–Trinajstić information content (AvgIpc) is 2.33. The molecule has 0 saturated carbocycles. The van der Waals surface area contributed by atoms with Gasteiger partial charge in [0, 0.05) is 6.20 Å². The number of pyridine rings is 1. The lowest BCUT2D eigenvalue weighted by atomic mass is 10.2. The van der Waals surface area contributed by atoms with Crippen molar-refractivity contribution < 1.29 is 4.21 Å². The lowest BCUT2D eigenvalue weighted by molar-refractivity contribution is 0.701. The van der Waals surface area contributed by atoms with Crippen LogP contribution in [0.3, 0.4) is 0 Å². The van der Waals surface area contributed by atoms with Crippen molar-refractivity contribution in [3.8, 4) is 0 Å². The zero-order valence-electron chi connectivity index (χ0n) is 9.04. The number of nitrogens with zero attached hydrogens (tertiary/aromatic N) is 1. The number of hydrogen-bond acceptors (Lipinski definition) is 2. The molecule has 0 atom stereocenters. The van der Waals surface area contributed by atoms with Gasteiger partial charge in [0.15, 0.2) is 0 Å². The van der Waals surface area contributed by atoms with Gasteiger partial charge in [-0.2, -0.15) is 0 Å². The third-order valence-electron chi connectivity index (χ3n) is 1.80. The van der Waals surface area contributed by atoms with Gasteiger partial charge in [-0.3, -0.25) is 4.98 Å². The van der Waals surface area contributed by atoms with Crippen LogP contribution in [0, 0.1) is 6.92 Å². The molecule has 0 amide bonds. The fourth-order valence-electron chi connectivity index (χ4n) is 1.03. The molecule has 0 bridgehead atoms. The number of aromatic nitrogens is 1. The Labute approximate surface area is 99.1 Å². The number of rotatable bonds is 1. The zero-order chi connectivity index (χ0) is 11.6. The van der Waals surface area contributed by atoms with Crippen LogP contribution < -0.4 is 0 Å². The molecule has 16 heavy (non-hydrogen) atoms. The third-order valence-corrected chi connectivity index (χ3v) is 2.13. The number of hydrogen-bond donors (Lipinski definition) is 0. The molecule has 2 rings (SSSR count). The van der Waals surface area contributed by atoms with E-state index in [-0.39, 0.29) is 0 Å². The maximum Gasteiger partial charge on any atom is 0.0908 e. The van der Waals surface area contributed by atoms with Crippen LogP contribution in [0.2, 0.25) is 0 Å². The molecule has 1 aromatic carbocycles. The van der Waals surface area contributed by atoms with E-state index in [0.29, 0.717) is 11.3 Å². The van der Waals surface area contributed by atoms with Crippen LogP contribution in [-0.4, -0.2) is 14.6 Å².